The van der Waals surface area contributed by atoms with Crippen LogP contribution in [0, 0.1) is 17.0 Å². The molecule has 0 unspecified atom stereocenters. The Morgan fingerprint density at radius 1 is 1.03 bits per heavy atom. The minimum atomic E-state index is -0.674. The summed E-state index contributed by atoms with van der Waals surface area (Å²) >= 11 is 0. The van der Waals surface area contributed by atoms with Gasteiger partial charge in [0.05, 0.1) is 34.7 Å². The minimum absolute atomic E-state index is 0.127. The van der Waals surface area contributed by atoms with E-state index in [1.165, 1.54) is 30.3 Å². The molecule has 0 atom stereocenters. The van der Waals surface area contributed by atoms with Crippen LogP contribution in [0.1, 0.15) is 35.0 Å². The summed E-state index contributed by atoms with van der Waals surface area (Å²) in [6.45, 7) is 4.68. The number of non-ortho nitro benzene ring substituents is 1. The normalized spacial score (nSPS) is 12.7. The molecule has 0 spiro atoms. The van der Waals surface area contributed by atoms with E-state index in [0.29, 0.717) is 59.0 Å². The van der Waals surface area contributed by atoms with E-state index in [1.54, 1.807) is 31.2 Å². The van der Waals surface area contributed by atoms with Gasteiger partial charge in [-0.1, -0.05) is 13.0 Å². The third kappa shape index (κ3) is 4.63. The molecule has 0 fully saturated rings. The molecule has 37 heavy (non-hydrogen) atoms. The highest BCUT2D eigenvalue weighted by molar-refractivity contribution is 5.92. The van der Waals surface area contributed by atoms with Crippen molar-refractivity contribution in [2.75, 3.05) is 13.2 Å². The summed E-state index contributed by atoms with van der Waals surface area (Å²) in [6.07, 6.45) is 1.27. The smallest absolute Gasteiger partial charge is 0.343 e. The third-order valence-electron chi connectivity index (χ3n) is 6.18. The second-order valence-electron chi connectivity index (χ2n) is 8.58. The van der Waals surface area contributed by atoms with Gasteiger partial charge in [-0.05, 0) is 54.8 Å². The second kappa shape index (κ2) is 9.77. The highest BCUT2D eigenvalue weighted by Crippen LogP contribution is 2.36. The number of carbonyl (C=O) groups is 1. The number of aryl methyl sites for hydroxylation is 2. The first-order valence-corrected chi connectivity index (χ1v) is 11.8. The van der Waals surface area contributed by atoms with E-state index in [9.17, 15) is 19.7 Å². The number of ether oxygens (including phenoxy) is 3. The lowest BCUT2D eigenvalue weighted by Crippen LogP contribution is -2.12. The van der Waals surface area contributed by atoms with Crippen LogP contribution in [0.3, 0.4) is 0 Å². The molecule has 1 aromatic heterocycles. The molecule has 1 aliphatic heterocycles. The second-order valence-corrected chi connectivity index (χ2v) is 8.58. The molecule has 9 heteroatoms. The average molecular weight is 501 g/mol. The van der Waals surface area contributed by atoms with Crippen molar-refractivity contribution in [3.05, 3.63) is 91.8 Å². The van der Waals surface area contributed by atoms with E-state index >= 15 is 0 Å². The van der Waals surface area contributed by atoms with Crippen LogP contribution in [0.4, 0.5) is 5.69 Å². The Labute approximate surface area is 211 Å². The number of nitro groups is 1. The topological polar surface area (TPSA) is 118 Å². The number of rotatable bonds is 5. The molecule has 4 aromatic rings. The zero-order valence-corrected chi connectivity index (χ0v) is 20.2. The van der Waals surface area contributed by atoms with Gasteiger partial charge in [-0.3, -0.25) is 14.9 Å². The fraction of sp³-hybridized carbons (Fsp3) is 0.214. The van der Waals surface area contributed by atoms with Gasteiger partial charge in [0.2, 0.25) is 5.43 Å². The summed E-state index contributed by atoms with van der Waals surface area (Å²) in [5, 5.41) is 11.2. The number of benzene rings is 3. The molecule has 188 valence electrons. The lowest BCUT2D eigenvalue weighted by molar-refractivity contribution is -0.384. The maximum atomic E-state index is 13.6. The van der Waals surface area contributed by atoms with Crippen molar-refractivity contribution in [3.8, 4) is 28.4 Å². The van der Waals surface area contributed by atoms with Gasteiger partial charge >= 0.3 is 5.97 Å². The van der Waals surface area contributed by atoms with E-state index in [0.717, 1.165) is 6.42 Å². The van der Waals surface area contributed by atoms with Crippen molar-refractivity contribution < 1.29 is 28.3 Å². The van der Waals surface area contributed by atoms with E-state index in [-0.39, 0.29) is 28.0 Å². The lowest BCUT2D eigenvalue weighted by atomic mass is 10.0. The Morgan fingerprint density at radius 2 is 1.76 bits per heavy atom. The first-order chi connectivity index (χ1) is 17.9. The summed E-state index contributed by atoms with van der Waals surface area (Å²) in [6, 6.07) is 13.7. The number of hydrogen-bond donors (Lipinski definition) is 0. The van der Waals surface area contributed by atoms with Gasteiger partial charge in [0, 0.05) is 24.6 Å². The molecule has 2 heterocycles. The average Bonchev–Trinajstić information content (AvgIpc) is 3.13. The summed E-state index contributed by atoms with van der Waals surface area (Å²) in [5.41, 5.74) is 1.82. The van der Waals surface area contributed by atoms with Crippen molar-refractivity contribution in [2.24, 2.45) is 0 Å². The Balaban J connectivity index is 1.53. The minimum Gasteiger partial charge on any atom is -0.490 e. The van der Waals surface area contributed by atoms with Crippen LogP contribution in [0.15, 0.2) is 63.8 Å². The maximum absolute atomic E-state index is 13.6. The van der Waals surface area contributed by atoms with E-state index in [2.05, 4.69) is 0 Å². The maximum Gasteiger partial charge on any atom is 0.343 e. The molecule has 0 N–H and O–H groups in total. The van der Waals surface area contributed by atoms with Gasteiger partial charge in [-0.25, -0.2) is 4.79 Å². The third-order valence-corrected chi connectivity index (χ3v) is 6.18. The van der Waals surface area contributed by atoms with Crippen LogP contribution in [-0.4, -0.2) is 24.1 Å². The Kier molecular flexibility index (Phi) is 6.35. The molecule has 0 radical (unpaired) electrons. The zero-order chi connectivity index (χ0) is 26.1. The Bertz CT molecular complexity index is 1590. The summed E-state index contributed by atoms with van der Waals surface area (Å²) in [5.74, 6) is 1.20. The quantitative estimate of drug-likeness (QED) is 0.150. The van der Waals surface area contributed by atoms with Crippen molar-refractivity contribution in [2.45, 2.75) is 26.7 Å². The van der Waals surface area contributed by atoms with Crippen molar-refractivity contribution in [1.82, 2.24) is 0 Å². The van der Waals surface area contributed by atoms with E-state index in [1.807, 2.05) is 6.92 Å². The van der Waals surface area contributed by atoms with Gasteiger partial charge in [-0.15, -0.1) is 0 Å². The molecular weight excluding hydrogens is 478 g/mol. The van der Waals surface area contributed by atoms with Crippen LogP contribution in [-0.2, 0) is 6.42 Å². The first kappa shape index (κ1) is 24.1. The fourth-order valence-corrected chi connectivity index (χ4v) is 4.28. The van der Waals surface area contributed by atoms with Gasteiger partial charge in [0.1, 0.15) is 17.1 Å². The van der Waals surface area contributed by atoms with Crippen LogP contribution in [0.5, 0.6) is 17.2 Å². The van der Waals surface area contributed by atoms with Gasteiger partial charge < -0.3 is 18.6 Å². The molecule has 0 amide bonds. The molecule has 9 nitrogen and oxygen atoms in total. The number of fused-ring (bicyclic) bond motifs is 2. The predicted molar refractivity (Wildman–Crippen MR) is 136 cm³/mol. The number of carbonyl (C=O) groups excluding carboxylic acids is 1. The zero-order valence-electron chi connectivity index (χ0n) is 20.2. The predicted octanol–water partition coefficient (Wildman–Crippen LogP) is 5.62. The Morgan fingerprint density at radius 3 is 2.46 bits per heavy atom. The highest BCUT2D eigenvalue weighted by Gasteiger charge is 2.20. The summed E-state index contributed by atoms with van der Waals surface area (Å²) < 4.78 is 23.1. The van der Waals surface area contributed by atoms with Gasteiger partial charge in [-0.2, -0.15) is 0 Å². The van der Waals surface area contributed by atoms with Crippen LogP contribution < -0.4 is 19.6 Å². The van der Waals surface area contributed by atoms with Crippen molar-refractivity contribution >= 4 is 22.6 Å². The molecule has 0 saturated heterocycles. The molecule has 3 aromatic carbocycles. The number of hydrogen-bond acceptors (Lipinski definition) is 8. The number of esters is 1. The molecule has 0 saturated carbocycles. The monoisotopic (exact) mass is 501 g/mol. The van der Waals surface area contributed by atoms with E-state index in [4.69, 9.17) is 18.6 Å². The van der Waals surface area contributed by atoms with Crippen LogP contribution >= 0.6 is 0 Å². The summed E-state index contributed by atoms with van der Waals surface area (Å²) in [4.78, 5) is 36.6. The standard InChI is InChI=1S/C28H23NO8/c1-3-17-13-21-24(15-23(17)37-28(31)18-5-8-20(9-6-18)29(32)33)36-16(2)26(27(21)30)19-7-10-22-25(14-19)35-12-4-11-34-22/h5-10,13-15H,3-4,11-12H2,1-2H3. The fourth-order valence-electron chi connectivity index (χ4n) is 4.28. The largest absolute Gasteiger partial charge is 0.490 e. The number of nitrogens with zero attached hydrogens (tertiary/aromatic N) is 1. The molecule has 0 bridgehead atoms. The van der Waals surface area contributed by atoms with Crippen molar-refractivity contribution in [3.63, 3.8) is 0 Å². The molecular formula is C28H23NO8. The highest BCUT2D eigenvalue weighted by atomic mass is 16.6. The Hall–Kier alpha value is -4.66. The molecule has 5 rings (SSSR count). The van der Waals surface area contributed by atoms with Gasteiger partial charge in [0.25, 0.3) is 5.69 Å². The lowest BCUT2D eigenvalue weighted by Gasteiger charge is -2.13. The van der Waals surface area contributed by atoms with Crippen LogP contribution in [0.2, 0.25) is 0 Å². The van der Waals surface area contributed by atoms with Gasteiger partial charge in [0.15, 0.2) is 11.5 Å². The molecule has 0 aliphatic carbocycles. The molecule has 1 aliphatic rings. The van der Waals surface area contributed by atoms with Crippen molar-refractivity contribution in [1.29, 1.82) is 0 Å². The summed E-state index contributed by atoms with van der Waals surface area (Å²) in [7, 11) is 0. The van der Waals surface area contributed by atoms with E-state index < -0.39 is 10.9 Å². The SMILES string of the molecule is CCc1cc2c(=O)c(-c3ccc4c(c3)OCCCO4)c(C)oc2cc1OC(=O)c1ccc([N+](=O)[O-])cc1. The number of nitro benzene ring substituents is 1. The first-order valence-electron chi connectivity index (χ1n) is 11.8. The van der Waals surface area contributed by atoms with Crippen LogP contribution in [0.25, 0.3) is 22.1 Å².